The van der Waals surface area contributed by atoms with Crippen LogP contribution in [0.2, 0.25) is 10.0 Å². The van der Waals surface area contributed by atoms with Crippen molar-refractivity contribution in [3.63, 3.8) is 0 Å². The van der Waals surface area contributed by atoms with Gasteiger partial charge in [0.15, 0.2) is 5.11 Å². The molecule has 2 aromatic rings. The molecule has 0 radical (unpaired) electrons. The second-order valence-electron chi connectivity index (χ2n) is 6.53. The van der Waals surface area contributed by atoms with Crippen LogP contribution in [0, 0.1) is 0 Å². The third-order valence-electron chi connectivity index (χ3n) is 4.84. The lowest BCUT2D eigenvalue weighted by molar-refractivity contribution is 0.0601. The minimum Gasteiger partial charge on any atom is -0.465 e. The zero-order valence-electron chi connectivity index (χ0n) is 14.9. The van der Waals surface area contributed by atoms with Crippen LogP contribution in [0.1, 0.15) is 41.6 Å². The van der Waals surface area contributed by atoms with Crippen LogP contribution < -0.4 is 10.6 Å². The Morgan fingerprint density at radius 1 is 1.11 bits per heavy atom. The summed E-state index contributed by atoms with van der Waals surface area (Å²) in [5, 5.41) is 8.17. The zero-order valence-corrected chi connectivity index (χ0v) is 17.2. The van der Waals surface area contributed by atoms with Crippen LogP contribution in [0.15, 0.2) is 42.5 Å². The number of nitrogens with one attached hydrogen (secondary N) is 2. The molecule has 1 aliphatic rings. The lowest BCUT2D eigenvalue weighted by Crippen LogP contribution is -2.46. The van der Waals surface area contributed by atoms with Gasteiger partial charge in [-0.2, -0.15) is 0 Å². The Morgan fingerprint density at radius 3 is 2.48 bits per heavy atom. The summed E-state index contributed by atoms with van der Waals surface area (Å²) < 4.78 is 4.76. The number of methoxy groups -OCH3 is 1. The third-order valence-corrected chi connectivity index (χ3v) is 5.70. The van der Waals surface area contributed by atoms with Gasteiger partial charge < -0.3 is 15.4 Å². The van der Waals surface area contributed by atoms with E-state index in [1.165, 1.54) is 7.11 Å². The highest BCUT2D eigenvalue weighted by atomic mass is 35.5. The van der Waals surface area contributed by atoms with Crippen molar-refractivity contribution in [1.82, 2.24) is 5.32 Å². The molecule has 2 N–H and O–H groups in total. The summed E-state index contributed by atoms with van der Waals surface area (Å²) in [6.07, 6.45) is 4.07. The molecule has 0 aromatic heterocycles. The maximum absolute atomic E-state index is 11.8. The number of thiocarbonyl (C=S) groups is 1. The highest BCUT2D eigenvalue weighted by Crippen LogP contribution is 2.41. The Balaban J connectivity index is 1.82. The van der Waals surface area contributed by atoms with E-state index in [0.29, 0.717) is 21.4 Å². The highest BCUT2D eigenvalue weighted by Gasteiger charge is 2.37. The van der Waals surface area contributed by atoms with Crippen LogP contribution in [-0.2, 0) is 10.3 Å². The third kappa shape index (κ3) is 4.37. The molecular weight excluding hydrogens is 403 g/mol. The monoisotopic (exact) mass is 422 g/mol. The largest absolute Gasteiger partial charge is 0.465 e. The maximum atomic E-state index is 11.8. The van der Waals surface area contributed by atoms with Crippen LogP contribution in [0.25, 0.3) is 0 Å². The Labute approximate surface area is 174 Å². The number of benzene rings is 2. The number of carbonyl (C=O) groups is 1. The van der Waals surface area contributed by atoms with E-state index in [-0.39, 0.29) is 5.54 Å². The fourth-order valence-electron chi connectivity index (χ4n) is 3.53. The van der Waals surface area contributed by atoms with Gasteiger partial charge in [0.1, 0.15) is 0 Å². The smallest absolute Gasteiger partial charge is 0.337 e. The number of rotatable bonds is 4. The van der Waals surface area contributed by atoms with Gasteiger partial charge in [0, 0.05) is 5.02 Å². The number of hydrogen-bond donors (Lipinski definition) is 2. The van der Waals surface area contributed by atoms with Crippen molar-refractivity contribution in [2.24, 2.45) is 0 Å². The van der Waals surface area contributed by atoms with Gasteiger partial charge in [-0.1, -0.05) is 54.2 Å². The van der Waals surface area contributed by atoms with Crippen molar-refractivity contribution in [3.05, 3.63) is 63.6 Å². The number of carbonyl (C=O) groups excluding carboxylic acids is 1. The molecule has 0 heterocycles. The van der Waals surface area contributed by atoms with E-state index in [9.17, 15) is 4.79 Å². The van der Waals surface area contributed by atoms with Gasteiger partial charge in [0.25, 0.3) is 0 Å². The number of anilines is 1. The second kappa shape index (κ2) is 8.46. The van der Waals surface area contributed by atoms with Crippen LogP contribution in [0.4, 0.5) is 5.69 Å². The predicted molar refractivity (Wildman–Crippen MR) is 114 cm³/mol. The van der Waals surface area contributed by atoms with Gasteiger partial charge in [-0.25, -0.2) is 4.79 Å². The quantitative estimate of drug-likeness (QED) is 0.500. The first-order valence-corrected chi connectivity index (χ1v) is 9.84. The van der Waals surface area contributed by atoms with Gasteiger partial charge in [0.05, 0.1) is 28.9 Å². The van der Waals surface area contributed by atoms with Crippen LogP contribution in [0.3, 0.4) is 0 Å². The standard InChI is InChI=1S/C20H20Cl2N2O2S/c1-26-18(25)13-8-9-16(22)17(12-13)23-19(27)24-20(10-4-5-11-20)14-6-2-3-7-15(14)21/h2-3,6-9,12H,4-5,10-11H2,1H3,(H2,23,24,27). The van der Waals surface area contributed by atoms with Crippen molar-refractivity contribution in [1.29, 1.82) is 0 Å². The van der Waals surface area contributed by atoms with Gasteiger partial charge in [0.2, 0.25) is 0 Å². The molecule has 1 fully saturated rings. The first kappa shape index (κ1) is 19.9. The summed E-state index contributed by atoms with van der Waals surface area (Å²) in [7, 11) is 1.34. The molecule has 4 nitrogen and oxygen atoms in total. The topological polar surface area (TPSA) is 50.4 Å². The van der Waals surface area contributed by atoms with E-state index in [4.69, 9.17) is 40.2 Å². The molecule has 0 unspecified atom stereocenters. The van der Waals surface area contributed by atoms with Crippen LogP contribution >= 0.6 is 35.4 Å². The van der Waals surface area contributed by atoms with Crippen LogP contribution in [0.5, 0.6) is 0 Å². The highest BCUT2D eigenvalue weighted by molar-refractivity contribution is 7.80. The fourth-order valence-corrected chi connectivity index (χ4v) is 4.31. The molecule has 0 aliphatic heterocycles. The SMILES string of the molecule is COC(=O)c1ccc(Cl)c(NC(=S)NC2(c3ccccc3Cl)CCCC2)c1. The normalized spacial score (nSPS) is 15.2. The molecule has 3 rings (SSSR count). The van der Waals surface area contributed by atoms with Crippen LogP contribution in [-0.4, -0.2) is 18.2 Å². The molecule has 1 saturated carbocycles. The summed E-state index contributed by atoms with van der Waals surface area (Å²) in [6, 6.07) is 12.7. The molecule has 0 atom stereocenters. The number of esters is 1. The second-order valence-corrected chi connectivity index (χ2v) is 7.76. The molecule has 0 saturated heterocycles. The minimum atomic E-state index is -0.433. The van der Waals surface area contributed by atoms with Gasteiger partial charge in [-0.15, -0.1) is 0 Å². The van der Waals surface area contributed by atoms with E-state index in [2.05, 4.69) is 10.6 Å². The molecule has 1 aliphatic carbocycles. The van der Waals surface area contributed by atoms with E-state index < -0.39 is 5.97 Å². The first-order valence-electron chi connectivity index (χ1n) is 8.67. The molecule has 2 aromatic carbocycles. The number of halogens is 2. The molecule has 27 heavy (non-hydrogen) atoms. The summed E-state index contributed by atoms with van der Waals surface area (Å²) in [6.45, 7) is 0. The average molecular weight is 423 g/mol. The zero-order chi connectivity index (χ0) is 19.4. The Morgan fingerprint density at radius 2 is 1.81 bits per heavy atom. The molecule has 0 amide bonds. The summed E-state index contributed by atoms with van der Waals surface area (Å²) in [4.78, 5) is 11.8. The summed E-state index contributed by atoms with van der Waals surface area (Å²) >= 11 is 18.3. The lowest BCUT2D eigenvalue weighted by Gasteiger charge is -2.33. The van der Waals surface area contributed by atoms with Crippen molar-refractivity contribution >= 4 is 52.2 Å². The van der Waals surface area contributed by atoms with Crippen molar-refractivity contribution in [3.8, 4) is 0 Å². The van der Waals surface area contributed by atoms with Gasteiger partial charge >= 0.3 is 5.97 Å². The molecule has 0 spiro atoms. The van der Waals surface area contributed by atoms with Crippen molar-refractivity contribution < 1.29 is 9.53 Å². The van der Waals surface area contributed by atoms with Crippen molar-refractivity contribution in [2.75, 3.05) is 12.4 Å². The Hall–Kier alpha value is -1.82. The molecular formula is C20H20Cl2N2O2S. The lowest BCUT2D eigenvalue weighted by atomic mass is 9.88. The summed E-state index contributed by atoms with van der Waals surface area (Å²) in [5.41, 5.74) is 1.68. The number of hydrogen-bond acceptors (Lipinski definition) is 3. The Kier molecular flexibility index (Phi) is 6.25. The van der Waals surface area contributed by atoms with E-state index >= 15 is 0 Å². The van der Waals surface area contributed by atoms with Crippen molar-refractivity contribution in [2.45, 2.75) is 31.2 Å². The minimum absolute atomic E-state index is 0.311. The predicted octanol–water partition coefficient (Wildman–Crippen LogP) is 5.54. The molecule has 0 bridgehead atoms. The van der Waals surface area contributed by atoms with Gasteiger partial charge in [-0.05, 0) is 54.9 Å². The van der Waals surface area contributed by atoms with E-state index in [1.807, 2.05) is 24.3 Å². The fraction of sp³-hybridized carbons (Fsp3) is 0.300. The first-order chi connectivity index (χ1) is 12.9. The summed E-state index contributed by atoms with van der Waals surface area (Å²) in [5.74, 6) is -0.433. The molecule has 142 valence electrons. The average Bonchev–Trinajstić information content (AvgIpc) is 3.12. The van der Waals surface area contributed by atoms with E-state index in [1.54, 1.807) is 18.2 Å². The van der Waals surface area contributed by atoms with E-state index in [0.717, 1.165) is 36.3 Å². The Bertz CT molecular complexity index is 867. The van der Waals surface area contributed by atoms with Gasteiger partial charge in [-0.3, -0.25) is 0 Å². The number of ether oxygens (including phenoxy) is 1. The maximum Gasteiger partial charge on any atom is 0.337 e. The molecule has 7 heteroatoms.